The van der Waals surface area contributed by atoms with Crippen molar-refractivity contribution >= 4 is 11.8 Å². The molecule has 110 valence electrons. The third-order valence-corrected chi connectivity index (χ3v) is 3.34. The minimum atomic E-state index is -0.339. The van der Waals surface area contributed by atoms with Crippen molar-refractivity contribution in [3.8, 4) is 0 Å². The number of esters is 1. The number of nitrogens with zero attached hydrogens (tertiary/aromatic N) is 1. The fourth-order valence-electron chi connectivity index (χ4n) is 2.44. The molecule has 1 aromatic rings. The van der Waals surface area contributed by atoms with Crippen molar-refractivity contribution in [3.63, 3.8) is 0 Å². The van der Waals surface area contributed by atoms with Gasteiger partial charge >= 0.3 is 5.97 Å². The van der Waals surface area contributed by atoms with Gasteiger partial charge in [-0.2, -0.15) is 0 Å². The van der Waals surface area contributed by atoms with E-state index in [0.717, 1.165) is 12.8 Å². The molecule has 2 rings (SSSR count). The minimum absolute atomic E-state index is 0.144. The molecule has 20 heavy (non-hydrogen) atoms. The number of rotatable bonds is 4. The lowest BCUT2D eigenvalue weighted by atomic mass is 9.94. The first-order valence-electron chi connectivity index (χ1n) is 7.04. The van der Waals surface area contributed by atoms with Crippen molar-refractivity contribution in [1.82, 2.24) is 4.98 Å². The first-order chi connectivity index (χ1) is 9.52. The van der Waals surface area contributed by atoms with Crippen molar-refractivity contribution in [1.29, 1.82) is 0 Å². The quantitative estimate of drug-likeness (QED) is 0.858. The molecule has 0 radical (unpaired) electrons. The fraction of sp³-hybridized carbons (Fsp3) is 0.600. The molecule has 0 saturated carbocycles. The monoisotopic (exact) mass is 278 g/mol. The second kappa shape index (κ2) is 6.22. The van der Waals surface area contributed by atoms with Crippen molar-refractivity contribution in [2.24, 2.45) is 0 Å². The SMILES string of the molecule is CCOC(=O)c1cccnc1NC1CCOC(C)(C)C1. The summed E-state index contributed by atoms with van der Waals surface area (Å²) in [4.78, 5) is 16.2. The number of hydrogen-bond donors (Lipinski definition) is 1. The van der Waals surface area contributed by atoms with Crippen molar-refractivity contribution < 1.29 is 14.3 Å². The van der Waals surface area contributed by atoms with Crippen LogP contribution in [0.2, 0.25) is 0 Å². The molecule has 0 aliphatic carbocycles. The van der Waals surface area contributed by atoms with E-state index >= 15 is 0 Å². The van der Waals surface area contributed by atoms with Crippen LogP contribution in [0.15, 0.2) is 18.3 Å². The van der Waals surface area contributed by atoms with Crippen LogP contribution in [0, 0.1) is 0 Å². The molecular weight excluding hydrogens is 256 g/mol. The van der Waals surface area contributed by atoms with Crippen LogP contribution in [0.3, 0.4) is 0 Å². The van der Waals surface area contributed by atoms with Gasteiger partial charge in [-0.15, -0.1) is 0 Å². The van der Waals surface area contributed by atoms with Gasteiger partial charge in [-0.25, -0.2) is 9.78 Å². The zero-order valence-electron chi connectivity index (χ0n) is 12.3. The third-order valence-electron chi connectivity index (χ3n) is 3.34. The van der Waals surface area contributed by atoms with Gasteiger partial charge in [0, 0.05) is 18.8 Å². The molecule has 1 atom stereocenters. The van der Waals surface area contributed by atoms with Crippen LogP contribution in [-0.2, 0) is 9.47 Å². The van der Waals surface area contributed by atoms with Gasteiger partial charge in [0.2, 0.25) is 0 Å². The Labute approximate surface area is 119 Å². The standard InChI is InChI=1S/C15H22N2O3/c1-4-19-14(18)12-6-5-8-16-13(12)17-11-7-9-20-15(2,3)10-11/h5-6,8,11H,4,7,9-10H2,1-3H3,(H,16,17). The Morgan fingerprint density at radius 2 is 2.40 bits per heavy atom. The Hall–Kier alpha value is -1.62. The van der Waals surface area contributed by atoms with E-state index in [1.807, 2.05) is 0 Å². The van der Waals surface area contributed by atoms with Crippen LogP contribution >= 0.6 is 0 Å². The Morgan fingerprint density at radius 1 is 1.60 bits per heavy atom. The summed E-state index contributed by atoms with van der Waals surface area (Å²) in [5.41, 5.74) is 0.341. The molecule has 1 saturated heterocycles. The molecule has 5 nitrogen and oxygen atoms in total. The zero-order valence-corrected chi connectivity index (χ0v) is 12.3. The largest absolute Gasteiger partial charge is 0.462 e. The molecule has 0 aromatic carbocycles. The molecule has 1 fully saturated rings. The Morgan fingerprint density at radius 3 is 3.10 bits per heavy atom. The lowest BCUT2D eigenvalue weighted by Crippen LogP contribution is -2.40. The molecule has 1 aromatic heterocycles. The number of hydrogen-bond acceptors (Lipinski definition) is 5. The predicted octanol–water partition coefficient (Wildman–Crippen LogP) is 2.63. The highest BCUT2D eigenvalue weighted by molar-refractivity contribution is 5.94. The summed E-state index contributed by atoms with van der Waals surface area (Å²) in [5.74, 6) is 0.253. The van der Waals surface area contributed by atoms with Gasteiger partial charge in [0.1, 0.15) is 11.4 Å². The average molecular weight is 278 g/mol. The molecule has 1 N–H and O–H groups in total. The van der Waals surface area contributed by atoms with E-state index in [0.29, 0.717) is 24.6 Å². The number of carbonyl (C=O) groups is 1. The maximum absolute atomic E-state index is 11.9. The molecule has 2 heterocycles. The summed E-state index contributed by atoms with van der Waals surface area (Å²) in [6.07, 6.45) is 3.46. The highest BCUT2D eigenvalue weighted by Gasteiger charge is 2.29. The summed E-state index contributed by atoms with van der Waals surface area (Å²) in [5, 5.41) is 3.35. The van der Waals surface area contributed by atoms with E-state index in [1.165, 1.54) is 0 Å². The van der Waals surface area contributed by atoms with E-state index in [2.05, 4.69) is 24.1 Å². The van der Waals surface area contributed by atoms with E-state index < -0.39 is 0 Å². The maximum atomic E-state index is 11.9. The highest BCUT2D eigenvalue weighted by Crippen LogP contribution is 2.26. The molecular formula is C15H22N2O3. The van der Waals surface area contributed by atoms with Crippen LogP contribution < -0.4 is 5.32 Å². The smallest absolute Gasteiger partial charge is 0.341 e. The van der Waals surface area contributed by atoms with E-state index in [9.17, 15) is 4.79 Å². The normalized spacial score (nSPS) is 21.2. The number of anilines is 1. The molecule has 0 amide bonds. The van der Waals surface area contributed by atoms with Crippen LogP contribution in [0.1, 0.15) is 44.0 Å². The first kappa shape index (κ1) is 14.8. The lowest BCUT2D eigenvalue weighted by Gasteiger charge is -2.36. The third kappa shape index (κ3) is 3.70. The molecule has 1 unspecified atom stereocenters. The Bertz CT molecular complexity index is 474. The highest BCUT2D eigenvalue weighted by atomic mass is 16.5. The van der Waals surface area contributed by atoms with Gasteiger partial charge in [0.15, 0.2) is 0 Å². The molecule has 1 aliphatic heterocycles. The van der Waals surface area contributed by atoms with Crippen LogP contribution in [0.5, 0.6) is 0 Å². The average Bonchev–Trinajstić information content (AvgIpc) is 2.38. The lowest BCUT2D eigenvalue weighted by molar-refractivity contribution is -0.0553. The van der Waals surface area contributed by atoms with Crippen LogP contribution in [-0.4, -0.2) is 35.8 Å². The van der Waals surface area contributed by atoms with Crippen LogP contribution in [0.4, 0.5) is 5.82 Å². The molecule has 0 spiro atoms. The van der Waals surface area contributed by atoms with Gasteiger partial charge in [-0.1, -0.05) is 0 Å². The second-order valence-corrected chi connectivity index (χ2v) is 5.56. The number of carbonyl (C=O) groups excluding carboxylic acids is 1. The van der Waals surface area contributed by atoms with Gasteiger partial charge in [-0.05, 0) is 45.7 Å². The maximum Gasteiger partial charge on any atom is 0.341 e. The topological polar surface area (TPSA) is 60.5 Å². The number of ether oxygens (including phenoxy) is 2. The Balaban J connectivity index is 2.11. The van der Waals surface area contributed by atoms with Gasteiger partial charge in [0.25, 0.3) is 0 Å². The fourth-order valence-corrected chi connectivity index (χ4v) is 2.44. The summed E-state index contributed by atoms with van der Waals surface area (Å²) >= 11 is 0. The van der Waals surface area contributed by atoms with Crippen molar-refractivity contribution in [2.75, 3.05) is 18.5 Å². The van der Waals surface area contributed by atoms with Crippen molar-refractivity contribution in [3.05, 3.63) is 23.9 Å². The van der Waals surface area contributed by atoms with Gasteiger partial charge in [-0.3, -0.25) is 0 Å². The minimum Gasteiger partial charge on any atom is -0.462 e. The summed E-state index contributed by atoms with van der Waals surface area (Å²) in [6.45, 7) is 7.02. The Kier molecular flexibility index (Phi) is 4.60. The first-order valence-corrected chi connectivity index (χ1v) is 7.04. The number of nitrogens with one attached hydrogen (secondary N) is 1. The van der Waals surface area contributed by atoms with E-state index in [1.54, 1.807) is 25.3 Å². The summed E-state index contributed by atoms with van der Waals surface area (Å²) in [6, 6.07) is 3.73. The molecule has 5 heteroatoms. The van der Waals surface area contributed by atoms with E-state index in [4.69, 9.17) is 9.47 Å². The van der Waals surface area contributed by atoms with E-state index in [-0.39, 0.29) is 17.6 Å². The number of aromatic nitrogens is 1. The van der Waals surface area contributed by atoms with Crippen LogP contribution in [0.25, 0.3) is 0 Å². The van der Waals surface area contributed by atoms with Gasteiger partial charge in [0.05, 0.1) is 12.2 Å². The second-order valence-electron chi connectivity index (χ2n) is 5.56. The van der Waals surface area contributed by atoms with Crippen molar-refractivity contribution in [2.45, 2.75) is 45.3 Å². The number of pyridine rings is 1. The summed E-state index contributed by atoms with van der Waals surface area (Å²) < 4.78 is 10.8. The van der Waals surface area contributed by atoms with Gasteiger partial charge < -0.3 is 14.8 Å². The molecule has 0 bridgehead atoms. The predicted molar refractivity (Wildman–Crippen MR) is 76.9 cm³/mol. The molecule has 1 aliphatic rings. The summed E-state index contributed by atoms with van der Waals surface area (Å²) in [7, 11) is 0. The zero-order chi connectivity index (χ0) is 14.6.